The summed E-state index contributed by atoms with van der Waals surface area (Å²) in [5.74, 6) is 0. The zero-order chi connectivity index (χ0) is 34.5. The fourth-order valence-electron chi connectivity index (χ4n) is 7.22. The fourth-order valence-corrected chi connectivity index (χ4v) is 14.7. The molecule has 4 heterocycles. The Kier molecular flexibility index (Phi) is 21.8. The minimum absolute atomic E-state index is 0.0465. The first-order chi connectivity index (χ1) is 24.1. The lowest BCUT2D eigenvalue weighted by molar-refractivity contribution is -0.0913. The number of hydrogen-bond acceptors (Lipinski definition) is 12. The van der Waals surface area contributed by atoms with Crippen molar-refractivity contribution in [2.45, 2.75) is 81.2 Å². The average molecular weight is 741 g/mol. The summed E-state index contributed by atoms with van der Waals surface area (Å²) in [7, 11) is -0.637. The fraction of sp³-hybridized carbons (Fsp3) is 1.00. The zero-order valence-corrected chi connectivity index (χ0v) is 32.5. The Hall–Kier alpha value is 0.380. The Balaban J connectivity index is 1.33. The van der Waals surface area contributed by atoms with Gasteiger partial charge in [0.2, 0.25) is 0 Å². The number of hydrogen-bond donors (Lipinski definition) is 0. The molecule has 49 heavy (non-hydrogen) atoms. The highest BCUT2D eigenvalue weighted by Gasteiger charge is 2.50. The third-order valence-electron chi connectivity index (χ3n) is 9.85. The van der Waals surface area contributed by atoms with E-state index in [1.54, 1.807) is 0 Å². The van der Waals surface area contributed by atoms with Gasteiger partial charge in [0.1, 0.15) is 0 Å². The minimum atomic E-state index is -0.319. The molecule has 0 saturated carbocycles. The van der Waals surface area contributed by atoms with E-state index in [2.05, 4.69) is 27.7 Å². The maximum Gasteiger partial charge on any atom is 0.0908 e. The molecule has 0 spiro atoms. The SMILES string of the molecule is C[C@H]1[C@H]2OCCOCCOCCCOCCOCCO[C@@H]2[C@H](C)P1CCP1[C@@H](C)[C@H]2OCCOCCOCCOCCOCCO[C@@H]2[C@@H]1C. The number of fused-ring (bicyclic) bond motifs is 2. The van der Waals surface area contributed by atoms with Crippen molar-refractivity contribution in [3.8, 4) is 0 Å². The molecule has 14 heteroatoms. The number of rotatable bonds is 3. The average Bonchev–Trinajstić information content (AvgIpc) is 3.45. The van der Waals surface area contributed by atoms with Gasteiger partial charge in [0, 0.05) is 35.8 Å². The largest absolute Gasteiger partial charge is 0.379 e. The molecule has 288 valence electrons. The molecule has 0 N–H and O–H groups in total. The van der Waals surface area contributed by atoms with Gasteiger partial charge in [0.25, 0.3) is 0 Å². The second kappa shape index (κ2) is 25.4. The van der Waals surface area contributed by atoms with Crippen molar-refractivity contribution in [2.75, 3.05) is 144 Å². The zero-order valence-electron chi connectivity index (χ0n) is 30.7. The van der Waals surface area contributed by atoms with E-state index in [0.717, 1.165) is 6.42 Å². The van der Waals surface area contributed by atoms with Crippen molar-refractivity contribution in [2.24, 2.45) is 0 Å². The standard InChI is InChI=1S/C35H66O12P2/c1-28-32-33(45-23-19-41-11-9-37-7-5-6-36-8-10-40-18-22-44-32)29(2)48(28)26-27-49-30(3)34-35(31(49)4)47-25-21-43-17-15-39-13-12-38-14-16-42-20-24-46-34/h28-35H,5-27H2,1-4H3/t28-,29-,30-,31-,32+,33+,34+,35+/m0/s1. The first kappa shape index (κ1) is 42.1. The summed E-state index contributed by atoms with van der Waals surface area (Å²) in [4.78, 5) is 0. The summed E-state index contributed by atoms with van der Waals surface area (Å²) in [6, 6.07) is 0. The second-order valence-electron chi connectivity index (χ2n) is 13.0. The molecular formula is C35H66O12P2. The van der Waals surface area contributed by atoms with Crippen LogP contribution in [0.1, 0.15) is 34.1 Å². The molecular weight excluding hydrogens is 674 g/mol. The summed E-state index contributed by atoms with van der Waals surface area (Å²) in [6.07, 6.45) is 3.46. The van der Waals surface area contributed by atoms with Crippen LogP contribution in [0.15, 0.2) is 0 Å². The molecule has 0 unspecified atom stereocenters. The van der Waals surface area contributed by atoms with Gasteiger partial charge < -0.3 is 56.8 Å². The van der Waals surface area contributed by atoms with Crippen LogP contribution in [0.2, 0.25) is 0 Å². The first-order valence-corrected chi connectivity index (χ1v) is 22.0. The van der Waals surface area contributed by atoms with Gasteiger partial charge in [-0.1, -0.05) is 43.5 Å². The van der Waals surface area contributed by atoms with Crippen LogP contribution in [0, 0.1) is 0 Å². The highest BCUT2D eigenvalue weighted by Crippen LogP contribution is 2.62. The summed E-state index contributed by atoms with van der Waals surface area (Å²) in [5.41, 5.74) is 1.73. The van der Waals surface area contributed by atoms with Gasteiger partial charge in [0.15, 0.2) is 0 Å². The van der Waals surface area contributed by atoms with Crippen LogP contribution >= 0.6 is 15.8 Å². The summed E-state index contributed by atoms with van der Waals surface area (Å²) in [6.45, 7) is 20.9. The van der Waals surface area contributed by atoms with Crippen molar-refractivity contribution < 1.29 is 56.8 Å². The minimum Gasteiger partial charge on any atom is -0.379 e. The lowest BCUT2D eigenvalue weighted by atomic mass is 10.1. The van der Waals surface area contributed by atoms with E-state index in [0.29, 0.717) is 155 Å². The van der Waals surface area contributed by atoms with E-state index < -0.39 is 0 Å². The molecule has 8 atom stereocenters. The lowest BCUT2D eigenvalue weighted by Crippen LogP contribution is -2.37. The summed E-state index contributed by atoms with van der Waals surface area (Å²) >= 11 is 0. The van der Waals surface area contributed by atoms with Gasteiger partial charge in [0.05, 0.1) is 143 Å². The lowest BCUT2D eigenvalue weighted by Gasteiger charge is -2.28. The topological polar surface area (TPSA) is 111 Å². The van der Waals surface area contributed by atoms with Crippen molar-refractivity contribution in [3.05, 3.63) is 0 Å². The Morgan fingerprint density at radius 1 is 0.306 bits per heavy atom. The normalized spacial score (nSPS) is 38.9. The van der Waals surface area contributed by atoms with E-state index in [9.17, 15) is 0 Å². The molecule has 0 aliphatic carbocycles. The Morgan fingerprint density at radius 3 is 0.755 bits per heavy atom. The molecule has 0 aromatic carbocycles. The van der Waals surface area contributed by atoms with Crippen molar-refractivity contribution in [1.29, 1.82) is 0 Å². The van der Waals surface area contributed by atoms with Crippen LogP contribution in [0.3, 0.4) is 0 Å². The van der Waals surface area contributed by atoms with Gasteiger partial charge in [-0.05, 0) is 18.7 Å². The molecule has 0 aromatic rings. The summed E-state index contributed by atoms with van der Waals surface area (Å²) < 4.78 is 71.9. The third-order valence-corrected chi connectivity index (χ3v) is 17.0. The van der Waals surface area contributed by atoms with Crippen molar-refractivity contribution >= 4 is 15.8 Å². The Labute approximate surface area is 297 Å². The monoisotopic (exact) mass is 740 g/mol. The van der Waals surface area contributed by atoms with Gasteiger partial charge in [-0.15, -0.1) is 0 Å². The van der Waals surface area contributed by atoms with E-state index in [1.807, 2.05) is 0 Å². The smallest absolute Gasteiger partial charge is 0.0908 e. The molecule has 0 radical (unpaired) electrons. The van der Waals surface area contributed by atoms with Gasteiger partial charge in [-0.2, -0.15) is 0 Å². The summed E-state index contributed by atoms with van der Waals surface area (Å²) in [5, 5.41) is 0. The van der Waals surface area contributed by atoms with E-state index in [1.165, 1.54) is 12.3 Å². The molecule has 4 saturated heterocycles. The molecule has 0 amide bonds. The van der Waals surface area contributed by atoms with Gasteiger partial charge >= 0.3 is 0 Å². The molecule has 12 nitrogen and oxygen atoms in total. The van der Waals surface area contributed by atoms with E-state index in [-0.39, 0.29) is 40.3 Å². The molecule has 4 fully saturated rings. The van der Waals surface area contributed by atoms with Crippen LogP contribution in [-0.2, 0) is 56.8 Å². The van der Waals surface area contributed by atoms with E-state index in [4.69, 9.17) is 56.8 Å². The van der Waals surface area contributed by atoms with Gasteiger partial charge in [-0.3, -0.25) is 0 Å². The van der Waals surface area contributed by atoms with E-state index >= 15 is 0 Å². The predicted octanol–water partition coefficient (Wildman–Crippen LogP) is 3.62. The number of ether oxygens (including phenoxy) is 12. The molecule has 4 aliphatic heterocycles. The van der Waals surface area contributed by atoms with Gasteiger partial charge in [-0.25, -0.2) is 0 Å². The Morgan fingerprint density at radius 2 is 0.510 bits per heavy atom. The second-order valence-corrected chi connectivity index (χ2v) is 19.2. The third kappa shape index (κ3) is 14.6. The van der Waals surface area contributed by atoms with Crippen LogP contribution in [0.5, 0.6) is 0 Å². The molecule has 0 bridgehead atoms. The molecule has 0 aromatic heterocycles. The van der Waals surface area contributed by atoms with Crippen LogP contribution in [0.4, 0.5) is 0 Å². The van der Waals surface area contributed by atoms with Crippen molar-refractivity contribution in [3.63, 3.8) is 0 Å². The Bertz CT molecular complexity index is 773. The van der Waals surface area contributed by atoms with Crippen LogP contribution < -0.4 is 0 Å². The van der Waals surface area contributed by atoms with Crippen molar-refractivity contribution in [1.82, 2.24) is 0 Å². The quantitative estimate of drug-likeness (QED) is 0.395. The maximum absolute atomic E-state index is 6.55. The highest BCUT2D eigenvalue weighted by molar-refractivity contribution is 7.63. The molecule has 4 rings (SSSR count). The van der Waals surface area contributed by atoms with Crippen LogP contribution in [-0.4, -0.2) is 192 Å². The molecule has 4 aliphatic rings. The maximum atomic E-state index is 6.55. The highest BCUT2D eigenvalue weighted by atomic mass is 31.1. The van der Waals surface area contributed by atoms with Crippen LogP contribution in [0.25, 0.3) is 0 Å². The first-order valence-electron chi connectivity index (χ1n) is 18.7. The predicted molar refractivity (Wildman–Crippen MR) is 192 cm³/mol.